The summed E-state index contributed by atoms with van der Waals surface area (Å²) < 4.78 is 5.39. The number of nitrogens with two attached hydrogens (primary N) is 1. The lowest BCUT2D eigenvalue weighted by atomic mass is 9.89. The minimum Gasteiger partial charge on any atom is -0.381 e. The molecule has 3 N–H and O–H groups in total. The molecule has 0 radical (unpaired) electrons. The second-order valence-electron chi connectivity index (χ2n) is 4.66. The summed E-state index contributed by atoms with van der Waals surface area (Å²) in [6.07, 6.45) is 4.62. The first-order valence-corrected chi connectivity index (χ1v) is 6.29. The molecule has 15 heavy (non-hydrogen) atoms. The summed E-state index contributed by atoms with van der Waals surface area (Å²) in [6.45, 7) is 8.06. The summed E-state index contributed by atoms with van der Waals surface area (Å²) in [4.78, 5) is 0. The van der Waals surface area contributed by atoms with E-state index in [1.165, 1.54) is 12.8 Å². The molecule has 0 aromatic carbocycles. The Labute approximate surface area is 93.8 Å². The summed E-state index contributed by atoms with van der Waals surface area (Å²) in [5.41, 5.74) is 6.04. The highest BCUT2D eigenvalue weighted by Gasteiger charge is 2.30. The monoisotopic (exact) mass is 214 g/mol. The zero-order valence-electron chi connectivity index (χ0n) is 10.2. The average molecular weight is 214 g/mol. The molecule has 0 atom stereocenters. The van der Waals surface area contributed by atoms with Crippen molar-refractivity contribution in [3.8, 4) is 0 Å². The molecule has 90 valence electrons. The quantitative estimate of drug-likeness (QED) is 0.705. The van der Waals surface area contributed by atoms with Crippen molar-refractivity contribution in [2.75, 3.05) is 26.3 Å². The molecule has 1 heterocycles. The third-order valence-corrected chi connectivity index (χ3v) is 3.76. The van der Waals surface area contributed by atoms with Crippen molar-refractivity contribution in [1.82, 2.24) is 5.32 Å². The first-order chi connectivity index (χ1) is 7.26. The Hall–Kier alpha value is -0.120. The fraction of sp³-hybridized carbons (Fsp3) is 1.00. The molecule has 1 aliphatic heterocycles. The van der Waals surface area contributed by atoms with Crippen LogP contribution in [0, 0.1) is 5.92 Å². The predicted octanol–water partition coefficient (Wildman–Crippen LogP) is 1.52. The number of ether oxygens (including phenoxy) is 1. The smallest absolute Gasteiger partial charge is 0.0484 e. The first-order valence-electron chi connectivity index (χ1n) is 6.29. The number of nitrogens with one attached hydrogen (secondary N) is 1. The SMILES string of the molecule is CCC(CC)CNC1(CN)CCOCC1. The molecule has 1 rings (SSSR count). The van der Waals surface area contributed by atoms with Crippen molar-refractivity contribution < 1.29 is 4.74 Å². The van der Waals surface area contributed by atoms with E-state index in [4.69, 9.17) is 10.5 Å². The van der Waals surface area contributed by atoms with E-state index >= 15 is 0 Å². The van der Waals surface area contributed by atoms with E-state index in [-0.39, 0.29) is 5.54 Å². The van der Waals surface area contributed by atoms with Gasteiger partial charge in [0, 0.05) is 25.3 Å². The predicted molar refractivity (Wildman–Crippen MR) is 63.9 cm³/mol. The second-order valence-corrected chi connectivity index (χ2v) is 4.66. The summed E-state index contributed by atoms with van der Waals surface area (Å²) in [7, 11) is 0. The lowest BCUT2D eigenvalue weighted by Crippen LogP contribution is -2.55. The first kappa shape index (κ1) is 12.9. The zero-order valence-corrected chi connectivity index (χ0v) is 10.2. The molecule has 0 aliphatic carbocycles. The van der Waals surface area contributed by atoms with Crippen LogP contribution in [0.25, 0.3) is 0 Å². The fourth-order valence-corrected chi connectivity index (χ4v) is 2.15. The van der Waals surface area contributed by atoms with E-state index in [0.717, 1.165) is 45.1 Å². The van der Waals surface area contributed by atoms with Crippen molar-refractivity contribution in [2.45, 2.75) is 45.1 Å². The van der Waals surface area contributed by atoms with Crippen LogP contribution in [-0.2, 0) is 4.74 Å². The second kappa shape index (κ2) is 6.46. The number of rotatable bonds is 6. The van der Waals surface area contributed by atoms with Gasteiger partial charge in [-0.15, -0.1) is 0 Å². The minimum atomic E-state index is 0.154. The van der Waals surface area contributed by atoms with E-state index in [1.54, 1.807) is 0 Å². The van der Waals surface area contributed by atoms with Crippen LogP contribution in [0.4, 0.5) is 0 Å². The molecule has 0 amide bonds. The minimum absolute atomic E-state index is 0.154. The Bertz CT molecular complexity index is 163. The Balaban J connectivity index is 2.38. The molecule has 1 fully saturated rings. The van der Waals surface area contributed by atoms with Crippen molar-refractivity contribution in [1.29, 1.82) is 0 Å². The maximum absolute atomic E-state index is 5.89. The zero-order chi connectivity index (χ0) is 11.1. The molecule has 0 spiro atoms. The highest BCUT2D eigenvalue weighted by Crippen LogP contribution is 2.20. The molecule has 1 saturated heterocycles. The van der Waals surface area contributed by atoms with Crippen molar-refractivity contribution in [3.63, 3.8) is 0 Å². The summed E-state index contributed by atoms with van der Waals surface area (Å²) in [5, 5.41) is 3.68. The summed E-state index contributed by atoms with van der Waals surface area (Å²) in [6, 6.07) is 0. The largest absolute Gasteiger partial charge is 0.381 e. The highest BCUT2D eigenvalue weighted by molar-refractivity contribution is 4.91. The van der Waals surface area contributed by atoms with Crippen molar-refractivity contribution in [3.05, 3.63) is 0 Å². The van der Waals surface area contributed by atoms with Gasteiger partial charge in [0.2, 0.25) is 0 Å². The summed E-state index contributed by atoms with van der Waals surface area (Å²) >= 11 is 0. The van der Waals surface area contributed by atoms with Gasteiger partial charge in [0.05, 0.1) is 0 Å². The normalized spacial score (nSPS) is 20.8. The van der Waals surface area contributed by atoms with Crippen LogP contribution in [0.5, 0.6) is 0 Å². The average Bonchev–Trinajstić information content (AvgIpc) is 2.31. The topological polar surface area (TPSA) is 47.3 Å². The van der Waals surface area contributed by atoms with E-state index in [9.17, 15) is 0 Å². The standard InChI is InChI=1S/C12H26N2O/c1-3-11(4-2)9-14-12(10-13)5-7-15-8-6-12/h11,14H,3-10,13H2,1-2H3. The third-order valence-electron chi connectivity index (χ3n) is 3.76. The van der Waals surface area contributed by atoms with Gasteiger partial charge in [-0.25, -0.2) is 0 Å². The number of hydrogen-bond donors (Lipinski definition) is 2. The van der Waals surface area contributed by atoms with Gasteiger partial charge in [0.1, 0.15) is 0 Å². The van der Waals surface area contributed by atoms with Gasteiger partial charge in [-0.2, -0.15) is 0 Å². The van der Waals surface area contributed by atoms with Gasteiger partial charge in [-0.05, 0) is 25.3 Å². The summed E-state index contributed by atoms with van der Waals surface area (Å²) in [5.74, 6) is 0.788. The fourth-order valence-electron chi connectivity index (χ4n) is 2.15. The van der Waals surface area contributed by atoms with Crippen LogP contribution in [0.3, 0.4) is 0 Å². The van der Waals surface area contributed by atoms with E-state index in [0.29, 0.717) is 0 Å². The molecule has 3 heteroatoms. The Kier molecular flexibility index (Phi) is 5.58. The van der Waals surface area contributed by atoms with E-state index in [1.807, 2.05) is 0 Å². The Morgan fingerprint density at radius 3 is 2.33 bits per heavy atom. The van der Waals surface area contributed by atoms with Gasteiger partial charge in [-0.3, -0.25) is 0 Å². The molecule has 0 aromatic rings. The molecule has 0 saturated carbocycles. The van der Waals surface area contributed by atoms with Gasteiger partial charge in [0.15, 0.2) is 0 Å². The maximum Gasteiger partial charge on any atom is 0.0484 e. The Morgan fingerprint density at radius 2 is 1.87 bits per heavy atom. The van der Waals surface area contributed by atoms with Crippen LogP contribution < -0.4 is 11.1 Å². The van der Waals surface area contributed by atoms with Gasteiger partial charge >= 0.3 is 0 Å². The van der Waals surface area contributed by atoms with Crippen molar-refractivity contribution in [2.24, 2.45) is 11.7 Å². The van der Waals surface area contributed by atoms with Gasteiger partial charge < -0.3 is 15.8 Å². The van der Waals surface area contributed by atoms with Crippen LogP contribution in [0.15, 0.2) is 0 Å². The van der Waals surface area contributed by atoms with Crippen LogP contribution in [0.2, 0.25) is 0 Å². The maximum atomic E-state index is 5.89. The van der Waals surface area contributed by atoms with Gasteiger partial charge in [0.25, 0.3) is 0 Å². The Morgan fingerprint density at radius 1 is 1.27 bits per heavy atom. The molecule has 1 aliphatic rings. The van der Waals surface area contributed by atoms with Gasteiger partial charge in [-0.1, -0.05) is 26.7 Å². The van der Waals surface area contributed by atoms with Crippen LogP contribution >= 0.6 is 0 Å². The van der Waals surface area contributed by atoms with Crippen LogP contribution in [0.1, 0.15) is 39.5 Å². The lowest BCUT2D eigenvalue weighted by Gasteiger charge is -2.38. The molecular formula is C12H26N2O. The van der Waals surface area contributed by atoms with Crippen LogP contribution in [-0.4, -0.2) is 31.8 Å². The van der Waals surface area contributed by atoms with E-state index < -0.39 is 0 Å². The van der Waals surface area contributed by atoms with E-state index in [2.05, 4.69) is 19.2 Å². The molecule has 3 nitrogen and oxygen atoms in total. The molecular weight excluding hydrogens is 188 g/mol. The molecule has 0 aromatic heterocycles. The molecule has 0 bridgehead atoms. The van der Waals surface area contributed by atoms with Crippen molar-refractivity contribution >= 4 is 0 Å². The number of hydrogen-bond acceptors (Lipinski definition) is 3. The molecule has 0 unspecified atom stereocenters. The third kappa shape index (κ3) is 3.74. The highest BCUT2D eigenvalue weighted by atomic mass is 16.5. The lowest BCUT2D eigenvalue weighted by molar-refractivity contribution is 0.0397.